The van der Waals surface area contributed by atoms with Gasteiger partial charge in [0.2, 0.25) is 0 Å². The van der Waals surface area contributed by atoms with Crippen LogP contribution in [0.15, 0.2) is 66.1 Å². The van der Waals surface area contributed by atoms with Crippen molar-refractivity contribution in [2.75, 3.05) is 0 Å². The minimum absolute atomic E-state index is 0.164. The van der Waals surface area contributed by atoms with E-state index in [0.29, 0.717) is 11.1 Å². The first-order valence-electron chi connectivity index (χ1n) is 7.84. The van der Waals surface area contributed by atoms with Crippen LogP contribution in [-0.4, -0.2) is 15.5 Å². The molecule has 128 valence electrons. The van der Waals surface area contributed by atoms with E-state index in [0.717, 1.165) is 16.5 Å². The molecule has 0 radical (unpaired) electrons. The van der Waals surface area contributed by atoms with Crippen molar-refractivity contribution in [3.8, 4) is 0 Å². The van der Waals surface area contributed by atoms with Gasteiger partial charge in [-0.2, -0.15) is 0 Å². The summed E-state index contributed by atoms with van der Waals surface area (Å²) in [6, 6.07) is 13.9. The van der Waals surface area contributed by atoms with Crippen LogP contribution >= 0.6 is 11.8 Å². The molecule has 1 amide bonds. The molecule has 1 heterocycles. The maximum atomic E-state index is 13.6. The fourth-order valence-electron chi connectivity index (χ4n) is 2.36. The predicted octanol–water partition coefficient (Wildman–Crippen LogP) is 3.78. The Morgan fingerprint density at radius 1 is 1.24 bits per heavy atom. The van der Waals surface area contributed by atoms with E-state index in [2.05, 4.69) is 10.3 Å². The lowest BCUT2D eigenvalue weighted by Gasteiger charge is -2.08. The fraction of sp³-hybridized carbons (Fsp3) is 0.158. The van der Waals surface area contributed by atoms with Gasteiger partial charge in [0.15, 0.2) is 5.16 Å². The number of nitrogens with zero attached hydrogens (tertiary/aromatic N) is 2. The van der Waals surface area contributed by atoms with Crippen molar-refractivity contribution < 1.29 is 9.18 Å². The second-order valence-corrected chi connectivity index (χ2v) is 6.53. The molecule has 1 N–H and O–H groups in total. The number of rotatable bonds is 6. The zero-order chi connectivity index (χ0) is 17.6. The van der Waals surface area contributed by atoms with Gasteiger partial charge in [0.1, 0.15) is 5.82 Å². The van der Waals surface area contributed by atoms with E-state index in [4.69, 9.17) is 0 Å². The van der Waals surface area contributed by atoms with Gasteiger partial charge in [0, 0.05) is 42.9 Å². The molecule has 0 unspecified atom stereocenters. The Kier molecular flexibility index (Phi) is 5.50. The summed E-state index contributed by atoms with van der Waals surface area (Å²) >= 11 is 1.61. The number of benzene rings is 2. The molecule has 0 saturated carbocycles. The van der Waals surface area contributed by atoms with Crippen LogP contribution in [0, 0.1) is 5.82 Å². The average molecular weight is 355 g/mol. The maximum absolute atomic E-state index is 13.6. The molecule has 0 aliphatic carbocycles. The van der Waals surface area contributed by atoms with Crippen molar-refractivity contribution in [1.29, 1.82) is 0 Å². The number of nitrogens with one attached hydrogen (secondary N) is 1. The van der Waals surface area contributed by atoms with Gasteiger partial charge < -0.3 is 9.88 Å². The number of imidazole rings is 1. The molecule has 0 aliphatic rings. The molecule has 4 nitrogen and oxygen atoms in total. The Bertz CT molecular complexity index is 878. The van der Waals surface area contributed by atoms with Gasteiger partial charge in [0.25, 0.3) is 5.91 Å². The monoisotopic (exact) mass is 355 g/mol. The number of amides is 1. The number of thioether (sulfide) groups is 1. The largest absolute Gasteiger partial charge is 0.348 e. The van der Waals surface area contributed by atoms with E-state index >= 15 is 0 Å². The molecule has 0 bridgehead atoms. The number of hydrogen-bond donors (Lipinski definition) is 1. The Balaban J connectivity index is 1.61. The van der Waals surface area contributed by atoms with E-state index in [-0.39, 0.29) is 18.3 Å². The molecule has 0 atom stereocenters. The highest BCUT2D eigenvalue weighted by atomic mass is 32.2. The third kappa shape index (κ3) is 4.48. The van der Waals surface area contributed by atoms with Gasteiger partial charge >= 0.3 is 0 Å². The molecular weight excluding hydrogens is 337 g/mol. The summed E-state index contributed by atoms with van der Waals surface area (Å²) in [5.41, 5.74) is 2.07. The molecule has 1 aromatic heterocycles. The third-order valence-corrected chi connectivity index (χ3v) is 4.86. The van der Waals surface area contributed by atoms with Crippen LogP contribution < -0.4 is 5.32 Å². The Morgan fingerprint density at radius 2 is 2.08 bits per heavy atom. The van der Waals surface area contributed by atoms with E-state index in [1.165, 1.54) is 6.07 Å². The quantitative estimate of drug-likeness (QED) is 0.685. The zero-order valence-corrected chi connectivity index (χ0v) is 14.6. The van der Waals surface area contributed by atoms with E-state index < -0.39 is 0 Å². The van der Waals surface area contributed by atoms with Gasteiger partial charge in [-0.15, -0.1) is 0 Å². The summed E-state index contributed by atoms with van der Waals surface area (Å²) in [4.78, 5) is 16.6. The van der Waals surface area contributed by atoms with Crippen molar-refractivity contribution in [3.05, 3.63) is 83.4 Å². The van der Waals surface area contributed by atoms with Gasteiger partial charge in [0.05, 0.1) is 0 Å². The molecule has 0 saturated heterocycles. The summed E-state index contributed by atoms with van der Waals surface area (Å²) in [5.74, 6) is 0.189. The first kappa shape index (κ1) is 17.2. The summed E-state index contributed by atoms with van der Waals surface area (Å²) in [7, 11) is 1.95. The summed E-state index contributed by atoms with van der Waals surface area (Å²) < 4.78 is 15.6. The maximum Gasteiger partial charge on any atom is 0.251 e. The predicted molar refractivity (Wildman–Crippen MR) is 96.8 cm³/mol. The number of carbonyl (C=O) groups is 1. The van der Waals surface area contributed by atoms with Crippen LogP contribution in [0.1, 0.15) is 21.5 Å². The van der Waals surface area contributed by atoms with Gasteiger partial charge in [-0.3, -0.25) is 4.79 Å². The van der Waals surface area contributed by atoms with Crippen molar-refractivity contribution in [2.24, 2.45) is 7.05 Å². The lowest BCUT2D eigenvalue weighted by molar-refractivity contribution is 0.0950. The van der Waals surface area contributed by atoms with E-state index in [9.17, 15) is 9.18 Å². The van der Waals surface area contributed by atoms with Crippen LogP contribution in [0.3, 0.4) is 0 Å². The first-order valence-corrected chi connectivity index (χ1v) is 8.83. The summed E-state index contributed by atoms with van der Waals surface area (Å²) in [6.45, 7) is 0.164. The fourth-order valence-corrected chi connectivity index (χ4v) is 3.24. The second kappa shape index (κ2) is 7.98. The minimum Gasteiger partial charge on any atom is -0.348 e. The van der Waals surface area contributed by atoms with Gasteiger partial charge in [-0.1, -0.05) is 42.1 Å². The molecular formula is C19H18FN3OS. The number of aryl methyl sites for hydroxylation is 1. The number of halogens is 1. The minimum atomic E-state index is -0.317. The van der Waals surface area contributed by atoms with Crippen LogP contribution in [0.4, 0.5) is 4.39 Å². The van der Waals surface area contributed by atoms with E-state index in [1.807, 2.05) is 36.0 Å². The molecule has 25 heavy (non-hydrogen) atoms. The lowest BCUT2D eigenvalue weighted by Crippen LogP contribution is -2.23. The SMILES string of the molecule is Cn1ccnc1SCc1cccc(C(=O)NCc2ccccc2F)c1. The lowest BCUT2D eigenvalue weighted by atomic mass is 10.1. The van der Waals surface area contributed by atoms with Crippen LogP contribution in [0.25, 0.3) is 0 Å². The van der Waals surface area contributed by atoms with Crippen molar-refractivity contribution in [2.45, 2.75) is 17.5 Å². The van der Waals surface area contributed by atoms with Crippen molar-refractivity contribution in [1.82, 2.24) is 14.9 Å². The number of hydrogen-bond acceptors (Lipinski definition) is 3. The third-order valence-electron chi connectivity index (χ3n) is 3.73. The normalized spacial score (nSPS) is 10.6. The number of aromatic nitrogens is 2. The van der Waals surface area contributed by atoms with Crippen molar-refractivity contribution in [3.63, 3.8) is 0 Å². The molecule has 2 aromatic carbocycles. The Morgan fingerprint density at radius 3 is 2.84 bits per heavy atom. The second-order valence-electron chi connectivity index (χ2n) is 5.58. The van der Waals surface area contributed by atoms with Gasteiger partial charge in [-0.05, 0) is 23.8 Å². The molecule has 0 fully saturated rings. The smallest absolute Gasteiger partial charge is 0.251 e. The highest BCUT2D eigenvalue weighted by Gasteiger charge is 2.08. The van der Waals surface area contributed by atoms with Crippen molar-refractivity contribution >= 4 is 17.7 Å². The number of carbonyl (C=O) groups excluding carboxylic acids is 1. The standard InChI is InChI=1S/C19H18FN3OS/c1-23-10-9-21-19(23)25-13-14-5-4-7-15(11-14)18(24)22-12-16-6-2-3-8-17(16)20/h2-11H,12-13H2,1H3,(H,22,24). The zero-order valence-electron chi connectivity index (χ0n) is 13.8. The summed E-state index contributed by atoms with van der Waals surface area (Å²) in [6.07, 6.45) is 3.66. The highest BCUT2D eigenvalue weighted by Crippen LogP contribution is 2.21. The Hall–Kier alpha value is -2.60. The summed E-state index contributed by atoms with van der Waals surface area (Å²) in [5, 5.41) is 3.69. The topological polar surface area (TPSA) is 46.9 Å². The molecule has 0 aliphatic heterocycles. The highest BCUT2D eigenvalue weighted by molar-refractivity contribution is 7.98. The molecule has 0 spiro atoms. The van der Waals surface area contributed by atoms with E-state index in [1.54, 1.807) is 42.2 Å². The Labute approximate surface area is 150 Å². The molecule has 6 heteroatoms. The average Bonchev–Trinajstić information content (AvgIpc) is 3.04. The molecule has 3 rings (SSSR count). The van der Waals surface area contributed by atoms with Crippen LogP contribution in [-0.2, 0) is 19.3 Å². The molecule has 3 aromatic rings. The van der Waals surface area contributed by atoms with Crippen LogP contribution in [0.5, 0.6) is 0 Å². The van der Waals surface area contributed by atoms with Gasteiger partial charge in [-0.25, -0.2) is 9.37 Å². The van der Waals surface area contributed by atoms with Crippen LogP contribution in [0.2, 0.25) is 0 Å². The first-order chi connectivity index (χ1) is 12.1.